The number of nitrogens with zero attached hydrogens (tertiary/aromatic N) is 4. The smallest absolute Gasteiger partial charge is 0.309 e. The van der Waals surface area contributed by atoms with E-state index >= 15 is 0 Å². The second-order valence-electron chi connectivity index (χ2n) is 10.6. The van der Waals surface area contributed by atoms with Crippen LogP contribution in [0.1, 0.15) is 69.4 Å². The summed E-state index contributed by atoms with van der Waals surface area (Å²) in [7, 11) is 1.83. The number of carboxylic acid groups (broad SMARTS) is 1. The number of fused-ring (bicyclic) bond motifs is 1. The minimum atomic E-state index is -0.762. The zero-order valence-electron chi connectivity index (χ0n) is 22.0. The number of anilines is 2. The zero-order valence-corrected chi connectivity index (χ0v) is 24.2. The second kappa shape index (κ2) is 10.2. The highest BCUT2D eigenvalue weighted by Crippen LogP contribution is 2.47. The maximum Gasteiger partial charge on any atom is 0.309 e. The Morgan fingerprint density at radius 1 is 1.21 bits per heavy atom. The Kier molecular flexibility index (Phi) is 7.11. The zero-order chi connectivity index (χ0) is 27.2. The summed E-state index contributed by atoms with van der Waals surface area (Å²) in [6.07, 6.45) is 4.41. The predicted octanol–water partition coefficient (Wildman–Crippen LogP) is 5.86. The first kappa shape index (κ1) is 26.5. The molecule has 1 amide bonds. The van der Waals surface area contributed by atoms with Crippen LogP contribution in [0.25, 0.3) is 11.0 Å². The standard InChI is InChI=1S/C29H31IN4O4/c1-5-6-25(35)34(23-15-17(2)21(30)16-20(23)18-7-8-18)24-10-9-22-26(31-24)27(32-33(22)4)38-19-11-13-29(3,14-12-19)28(36)37/h9-10,15-16,18-19H,7-8,11-14H2,1-4H3,(H,36,37). The number of carboxylic acids is 1. The lowest BCUT2D eigenvalue weighted by molar-refractivity contribution is -0.150. The van der Waals surface area contributed by atoms with Crippen molar-refractivity contribution in [2.24, 2.45) is 12.5 Å². The average Bonchev–Trinajstić information content (AvgIpc) is 3.68. The fourth-order valence-electron chi connectivity index (χ4n) is 5.12. The quantitative estimate of drug-likeness (QED) is 0.272. The highest BCUT2D eigenvalue weighted by Gasteiger charge is 2.38. The van der Waals surface area contributed by atoms with Gasteiger partial charge in [-0.15, -0.1) is 5.10 Å². The van der Waals surface area contributed by atoms with Crippen LogP contribution in [-0.2, 0) is 16.6 Å². The van der Waals surface area contributed by atoms with E-state index in [9.17, 15) is 14.7 Å². The summed E-state index contributed by atoms with van der Waals surface area (Å²) < 4.78 is 9.18. The molecular weight excluding hydrogens is 595 g/mol. The molecule has 0 bridgehead atoms. The van der Waals surface area contributed by atoms with Gasteiger partial charge in [0.2, 0.25) is 0 Å². The maximum atomic E-state index is 13.4. The van der Waals surface area contributed by atoms with Crippen molar-refractivity contribution in [3.63, 3.8) is 0 Å². The van der Waals surface area contributed by atoms with Gasteiger partial charge in [0.1, 0.15) is 11.9 Å². The number of carbonyl (C=O) groups excluding carboxylic acids is 1. The average molecular weight is 626 g/mol. The van der Waals surface area contributed by atoms with E-state index in [0.29, 0.717) is 48.8 Å². The summed E-state index contributed by atoms with van der Waals surface area (Å²) in [6, 6.07) is 7.95. The molecule has 0 aliphatic heterocycles. The molecule has 1 aromatic carbocycles. The van der Waals surface area contributed by atoms with E-state index in [2.05, 4.69) is 51.7 Å². The molecule has 0 saturated heterocycles. The van der Waals surface area contributed by atoms with Crippen LogP contribution in [0.15, 0.2) is 24.3 Å². The first-order valence-corrected chi connectivity index (χ1v) is 14.0. The van der Waals surface area contributed by atoms with E-state index in [-0.39, 0.29) is 12.0 Å². The fraction of sp³-hybridized carbons (Fsp3) is 0.448. The molecule has 8 nitrogen and oxygen atoms in total. The monoisotopic (exact) mass is 626 g/mol. The lowest BCUT2D eigenvalue weighted by Crippen LogP contribution is -2.36. The summed E-state index contributed by atoms with van der Waals surface area (Å²) in [5.74, 6) is 5.63. The number of carbonyl (C=O) groups is 2. The molecule has 5 rings (SSSR count). The van der Waals surface area contributed by atoms with E-state index in [4.69, 9.17) is 9.72 Å². The van der Waals surface area contributed by atoms with E-state index in [1.807, 2.05) is 26.1 Å². The maximum absolute atomic E-state index is 13.4. The summed E-state index contributed by atoms with van der Waals surface area (Å²) in [5.41, 5.74) is 3.67. The van der Waals surface area contributed by atoms with Crippen LogP contribution >= 0.6 is 22.6 Å². The summed E-state index contributed by atoms with van der Waals surface area (Å²) in [5, 5.41) is 14.1. The van der Waals surface area contributed by atoms with Crippen molar-refractivity contribution < 1.29 is 19.4 Å². The van der Waals surface area contributed by atoms with Gasteiger partial charge in [0.15, 0.2) is 5.52 Å². The molecule has 0 atom stereocenters. The van der Waals surface area contributed by atoms with E-state index in [0.717, 1.165) is 35.2 Å². The number of benzene rings is 1. The number of rotatable bonds is 6. The molecule has 3 aromatic rings. The van der Waals surface area contributed by atoms with Crippen molar-refractivity contribution in [3.8, 4) is 17.7 Å². The van der Waals surface area contributed by atoms with Crippen molar-refractivity contribution in [1.82, 2.24) is 14.8 Å². The second-order valence-corrected chi connectivity index (χ2v) is 11.8. The number of pyridine rings is 1. The number of hydrogen-bond donors (Lipinski definition) is 1. The topological polar surface area (TPSA) is 97.6 Å². The van der Waals surface area contributed by atoms with Gasteiger partial charge in [-0.25, -0.2) is 4.98 Å². The van der Waals surface area contributed by atoms with Crippen LogP contribution in [0.5, 0.6) is 5.88 Å². The molecular formula is C29H31IN4O4. The number of aliphatic carboxylic acids is 1. The van der Waals surface area contributed by atoms with Gasteiger partial charge in [-0.1, -0.05) is 5.92 Å². The summed E-state index contributed by atoms with van der Waals surface area (Å²) >= 11 is 2.34. The molecule has 2 heterocycles. The predicted molar refractivity (Wildman–Crippen MR) is 154 cm³/mol. The Balaban J connectivity index is 1.54. The summed E-state index contributed by atoms with van der Waals surface area (Å²) in [6.45, 7) is 5.49. The van der Waals surface area contributed by atoms with Crippen molar-refractivity contribution in [1.29, 1.82) is 0 Å². The lowest BCUT2D eigenvalue weighted by Gasteiger charge is -2.33. The number of hydrogen-bond acceptors (Lipinski definition) is 5. The third-order valence-electron chi connectivity index (χ3n) is 7.71. The number of amides is 1. The first-order valence-electron chi connectivity index (χ1n) is 12.9. The molecule has 2 aromatic heterocycles. The number of aromatic nitrogens is 3. The Hall–Kier alpha value is -3.13. The van der Waals surface area contributed by atoms with E-state index in [1.54, 1.807) is 23.4 Å². The number of ether oxygens (including phenoxy) is 1. The number of aryl methyl sites for hydroxylation is 2. The largest absolute Gasteiger partial charge is 0.481 e. The van der Waals surface area contributed by atoms with Gasteiger partial charge in [-0.2, -0.15) is 0 Å². The molecule has 2 saturated carbocycles. The van der Waals surface area contributed by atoms with Crippen molar-refractivity contribution in [2.75, 3.05) is 4.90 Å². The first-order chi connectivity index (χ1) is 18.1. The highest BCUT2D eigenvalue weighted by molar-refractivity contribution is 14.1. The Bertz CT molecular complexity index is 1490. The molecule has 9 heteroatoms. The normalized spacial score (nSPS) is 21.0. The summed E-state index contributed by atoms with van der Waals surface area (Å²) in [4.78, 5) is 31.6. The number of halogens is 1. The third kappa shape index (κ3) is 4.98. The molecule has 0 unspecified atom stereocenters. The van der Waals surface area contributed by atoms with Crippen LogP contribution in [0.2, 0.25) is 0 Å². The lowest BCUT2D eigenvalue weighted by atomic mass is 9.75. The van der Waals surface area contributed by atoms with Gasteiger partial charge in [0.05, 0.1) is 16.6 Å². The van der Waals surface area contributed by atoms with Gasteiger partial charge in [-0.05, 0) is 129 Å². The van der Waals surface area contributed by atoms with E-state index in [1.165, 1.54) is 3.57 Å². The van der Waals surface area contributed by atoms with Gasteiger partial charge >= 0.3 is 11.9 Å². The molecule has 2 aliphatic rings. The molecule has 0 spiro atoms. The molecule has 38 heavy (non-hydrogen) atoms. The van der Waals surface area contributed by atoms with Crippen LogP contribution in [0.4, 0.5) is 11.5 Å². The van der Waals surface area contributed by atoms with E-state index < -0.39 is 11.4 Å². The molecule has 0 radical (unpaired) electrons. The van der Waals surface area contributed by atoms with Gasteiger partial charge in [-0.3, -0.25) is 19.2 Å². The Labute approximate surface area is 235 Å². The molecule has 2 aliphatic carbocycles. The Morgan fingerprint density at radius 2 is 1.92 bits per heavy atom. The van der Waals surface area contributed by atoms with Crippen LogP contribution in [-0.4, -0.2) is 37.9 Å². The van der Waals surface area contributed by atoms with Crippen molar-refractivity contribution in [2.45, 2.75) is 71.3 Å². The molecule has 198 valence electrons. The SMILES string of the molecule is CC#CC(=O)N(c1ccc2c(n1)c(OC1CCC(C)(C(=O)O)CC1)nn2C)c1cc(C)c(I)cc1C1CC1. The minimum Gasteiger partial charge on any atom is -0.481 e. The van der Waals surface area contributed by atoms with Gasteiger partial charge in [0.25, 0.3) is 5.88 Å². The van der Waals surface area contributed by atoms with Gasteiger partial charge < -0.3 is 9.84 Å². The van der Waals surface area contributed by atoms with Crippen molar-refractivity contribution >= 4 is 57.0 Å². The molecule has 1 N–H and O–H groups in total. The van der Waals surface area contributed by atoms with Gasteiger partial charge in [0, 0.05) is 10.6 Å². The highest BCUT2D eigenvalue weighted by atomic mass is 127. The van der Waals surface area contributed by atoms with Crippen LogP contribution < -0.4 is 9.64 Å². The van der Waals surface area contributed by atoms with Crippen molar-refractivity contribution in [3.05, 3.63) is 39.0 Å². The molecule has 2 fully saturated rings. The third-order valence-corrected chi connectivity index (χ3v) is 8.87. The fourth-order valence-corrected chi connectivity index (χ4v) is 5.61. The van der Waals surface area contributed by atoms with Crippen LogP contribution in [0, 0.1) is 27.7 Å². The van der Waals surface area contributed by atoms with Crippen LogP contribution in [0.3, 0.4) is 0 Å². The minimum absolute atomic E-state index is 0.144. The Morgan fingerprint density at radius 3 is 2.55 bits per heavy atom.